The number of fused-ring (bicyclic) bond motifs is 1. The lowest BCUT2D eigenvalue weighted by Crippen LogP contribution is -2.41. The molecular weight excluding hydrogens is 308 g/mol. The van der Waals surface area contributed by atoms with Gasteiger partial charge in [0.05, 0.1) is 24.5 Å². The summed E-state index contributed by atoms with van der Waals surface area (Å²) >= 11 is 0. The number of amides is 1. The highest BCUT2D eigenvalue weighted by Gasteiger charge is 2.36. The van der Waals surface area contributed by atoms with Gasteiger partial charge in [0, 0.05) is 38.2 Å². The van der Waals surface area contributed by atoms with Crippen LogP contribution in [0, 0.1) is 5.92 Å². The number of nitrogens with zero attached hydrogens (tertiary/aromatic N) is 5. The van der Waals surface area contributed by atoms with E-state index in [1.54, 1.807) is 21.6 Å². The van der Waals surface area contributed by atoms with E-state index in [9.17, 15) is 9.90 Å². The highest BCUT2D eigenvalue weighted by Crippen LogP contribution is 2.38. The van der Waals surface area contributed by atoms with Crippen LogP contribution >= 0.6 is 0 Å². The fourth-order valence-electron chi connectivity index (χ4n) is 3.41. The summed E-state index contributed by atoms with van der Waals surface area (Å²) in [6, 6.07) is -0.162. The Hall–Kier alpha value is -2.61. The van der Waals surface area contributed by atoms with Crippen LogP contribution in [0.5, 0.6) is 0 Å². The molecule has 0 spiro atoms. The second kappa shape index (κ2) is 5.48. The summed E-state index contributed by atoms with van der Waals surface area (Å²) in [5.41, 5.74) is 2.25. The van der Waals surface area contributed by atoms with Gasteiger partial charge in [0.2, 0.25) is 0 Å². The van der Waals surface area contributed by atoms with Crippen LogP contribution in [-0.2, 0) is 14.1 Å². The molecular formula is C16H20N6O2. The van der Waals surface area contributed by atoms with Crippen LogP contribution in [0.1, 0.15) is 34.8 Å². The molecule has 3 aromatic heterocycles. The third-order valence-corrected chi connectivity index (χ3v) is 4.77. The number of rotatable bonds is 4. The molecule has 0 bridgehead atoms. The van der Waals surface area contributed by atoms with Crippen molar-refractivity contribution in [2.24, 2.45) is 20.0 Å². The standard InChI is InChI=1S/C16H20N6O2/c1-20-3-4-22-16(20)13(8-18-22)15(24)19-14(10-5-12(23)6-10)11-7-17-21(2)9-11/h3-4,7-10,12,14,23H,5-6H2,1-2H3,(H,19,24). The lowest BCUT2D eigenvalue weighted by Gasteiger charge is -2.37. The van der Waals surface area contributed by atoms with Gasteiger partial charge in [0.15, 0.2) is 0 Å². The monoisotopic (exact) mass is 328 g/mol. The molecule has 24 heavy (non-hydrogen) atoms. The van der Waals surface area contributed by atoms with Crippen LogP contribution in [0.25, 0.3) is 5.65 Å². The summed E-state index contributed by atoms with van der Waals surface area (Å²) < 4.78 is 5.27. The Labute approximate surface area is 138 Å². The van der Waals surface area contributed by atoms with Crippen LogP contribution < -0.4 is 5.32 Å². The van der Waals surface area contributed by atoms with E-state index >= 15 is 0 Å². The quantitative estimate of drug-likeness (QED) is 0.736. The fraction of sp³-hybridized carbons (Fsp3) is 0.438. The third kappa shape index (κ3) is 2.39. The number of nitrogens with one attached hydrogen (secondary N) is 1. The van der Waals surface area contributed by atoms with Gasteiger partial charge in [0.25, 0.3) is 5.91 Å². The lowest BCUT2D eigenvalue weighted by molar-refractivity contribution is 0.0235. The lowest BCUT2D eigenvalue weighted by atomic mass is 9.75. The van der Waals surface area contributed by atoms with Gasteiger partial charge in [0.1, 0.15) is 11.2 Å². The smallest absolute Gasteiger partial charge is 0.257 e. The van der Waals surface area contributed by atoms with Gasteiger partial charge < -0.3 is 15.0 Å². The summed E-state index contributed by atoms with van der Waals surface area (Å²) in [7, 11) is 3.73. The number of imidazole rings is 1. The van der Waals surface area contributed by atoms with E-state index in [0.29, 0.717) is 18.4 Å². The molecule has 126 valence electrons. The minimum absolute atomic E-state index is 0.162. The maximum Gasteiger partial charge on any atom is 0.257 e. The Morgan fingerprint density at radius 3 is 2.75 bits per heavy atom. The first kappa shape index (κ1) is 14.9. The van der Waals surface area contributed by atoms with E-state index in [-0.39, 0.29) is 24.0 Å². The van der Waals surface area contributed by atoms with Crippen molar-refractivity contribution >= 4 is 11.6 Å². The molecule has 1 saturated carbocycles. The van der Waals surface area contributed by atoms with Crippen LogP contribution in [0.2, 0.25) is 0 Å². The number of hydrogen-bond acceptors (Lipinski definition) is 4. The zero-order valence-electron chi connectivity index (χ0n) is 13.6. The van der Waals surface area contributed by atoms with Crippen molar-refractivity contribution in [3.63, 3.8) is 0 Å². The maximum absolute atomic E-state index is 12.8. The number of carbonyl (C=O) groups excluding carboxylic acids is 1. The molecule has 8 nitrogen and oxygen atoms in total. The molecule has 0 aromatic carbocycles. The summed E-state index contributed by atoms with van der Waals surface area (Å²) in [6.45, 7) is 0. The van der Waals surface area contributed by atoms with E-state index in [1.165, 1.54) is 0 Å². The molecule has 2 N–H and O–H groups in total. The van der Waals surface area contributed by atoms with Crippen molar-refractivity contribution in [1.29, 1.82) is 0 Å². The largest absolute Gasteiger partial charge is 0.393 e. The molecule has 0 radical (unpaired) electrons. The summed E-state index contributed by atoms with van der Waals surface area (Å²) in [5.74, 6) is 0.0506. The first-order chi connectivity index (χ1) is 11.5. The minimum Gasteiger partial charge on any atom is -0.393 e. The molecule has 8 heteroatoms. The highest BCUT2D eigenvalue weighted by molar-refractivity contribution is 6.00. The zero-order chi connectivity index (χ0) is 16.8. The van der Waals surface area contributed by atoms with Crippen molar-refractivity contribution < 1.29 is 9.90 Å². The van der Waals surface area contributed by atoms with Crippen molar-refractivity contribution in [3.05, 3.63) is 42.1 Å². The Bertz CT molecular complexity index is 886. The molecule has 1 fully saturated rings. The van der Waals surface area contributed by atoms with Gasteiger partial charge in [-0.15, -0.1) is 0 Å². The molecule has 1 atom stereocenters. The second-order valence-electron chi connectivity index (χ2n) is 6.52. The van der Waals surface area contributed by atoms with Crippen LogP contribution in [0.3, 0.4) is 0 Å². The SMILES string of the molecule is Cn1cc(C(NC(=O)c2cnn3ccn(C)c23)C2CC(O)C2)cn1. The summed E-state index contributed by atoms with van der Waals surface area (Å²) in [5, 5.41) is 21.2. The average molecular weight is 328 g/mol. The molecule has 4 rings (SSSR count). The third-order valence-electron chi connectivity index (χ3n) is 4.77. The normalized spacial score (nSPS) is 21.6. The number of aliphatic hydroxyl groups excluding tert-OH is 1. The molecule has 3 heterocycles. The van der Waals surface area contributed by atoms with Crippen molar-refractivity contribution in [2.75, 3.05) is 0 Å². The molecule has 3 aromatic rings. The van der Waals surface area contributed by atoms with Gasteiger partial charge in [-0.3, -0.25) is 9.48 Å². The van der Waals surface area contributed by atoms with E-state index in [1.807, 2.05) is 37.3 Å². The van der Waals surface area contributed by atoms with Gasteiger partial charge >= 0.3 is 0 Å². The Kier molecular flexibility index (Phi) is 3.42. The van der Waals surface area contributed by atoms with E-state index in [4.69, 9.17) is 0 Å². The molecule has 0 saturated heterocycles. The second-order valence-corrected chi connectivity index (χ2v) is 6.52. The Morgan fingerprint density at radius 2 is 2.08 bits per heavy atom. The van der Waals surface area contributed by atoms with Gasteiger partial charge in [-0.25, -0.2) is 4.52 Å². The minimum atomic E-state index is -0.276. The van der Waals surface area contributed by atoms with Crippen molar-refractivity contribution in [2.45, 2.75) is 25.0 Å². The molecule has 1 amide bonds. The van der Waals surface area contributed by atoms with Gasteiger partial charge in [-0.05, 0) is 18.8 Å². The molecule has 1 aliphatic rings. The molecule has 1 unspecified atom stereocenters. The van der Waals surface area contributed by atoms with Crippen LogP contribution in [0.15, 0.2) is 31.0 Å². The highest BCUT2D eigenvalue weighted by atomic mass is 16.3. The van der Waals surface area contributed by atoms with Crippen LogP contribution in [-0.4, -0.2) is 41.1 Å². The first-order valence-corrected chi connectivity index (χ1v) is 7.99. The Morgan fingerprint density at radius 1 is 1.29 bits per heavy atom. The summed E-state index contributed by atoms with van der Waals surface area (Å²) in [4.78, 5) is 12.8. The van der Waals surface area contributed by atoms with Gasteiger partial charge in [-0.1, -0.05) is 0 Å². The van der Waals surface area contributed by atoms with Crippen molar-refractivity contribution in [3.8, 4) is 0 Å². The van der Waals surface area contributed by atoms with Crippen molar-refractivity contribution in [1.82, 2.24) is 29.3 Å². The first-order valence-electron chi connectivity index (χ1n) is 7.99. The number of carbonyl (C=O) groups is 1. The predicted molar refractivity (Wildman–Crippen MR) is 86.3 cm³/mol. The topological polar surface area (TPSA) is 89.4 Å². The molecule has 1 aliphatic carbocycles. The van der Waals surface area contributed by atoms with E-state index < -0.39 is 0 Å². The average Bonchev–Trinajstić information content (AvgIpc) is 3.20. The number of aryl methyl sites for hydroxylation is 2. The zero-order valence-corrected chi connectivity index (χ0v) is 13.6. The van der Waals surface area contributed by atoms with E-state index in [0.717, 1.165) is 11.2 Å². The molecule has 0 aliphatic heterocycles. The number of aromatic nitrogens is 5. The number of hydrogen-bond donors (Lipinski definition) is 2. The number of aliphatic hydroxyl groups is 1. The van der Waals surface area contributed by atoms with Gasteiger partial charge in [-0.2, -0.15) is 10.2 Å². The van der Waals surface area contributed by atoms with E-state index in [2.05, 4.69) is 15.5 Å². The Balaban J connectivity index is 1.62. The fourth-order valence-corrected chi connectivity index (χ4v) is 3.41. The summed E-state index contributed by atoms with van der Waals surface area (Å²) in [6.07, 6.45) is 10.0. The maximum atomic E-state index is 12.8. The van der Waals surface area contributed by atoms with Crippen LogP contribution in [0.4, 0.5) is 0 Å². The predicted octanol–water partition coefficient (Wildman–Crippen LogP) is 0.648.